The molecule has 1 saturated heterocycles. The van der Waals surface area contributed by atoms with E-state index in [9.17, 15) is 15.2 Å². The number of nitriles is 1. The van der Waals surface area contributed by atoms with E-state index in [2.05, 4.69) is 23.2 Å². The second-order valence-corrected chi connectivity index (χ2v) is 6.69. The van der Waals surface area contributed by atoms with E-state index in [0.717, 1.165) is 29.3 Å². The van der Waals surface area contributed by atoms with Gasteiger partial charge in [0.05, 0.1) is 12.7 Å². The summed E-state index contributed by atoms with van der Waals surface area (Å²) >= 11 is 0. The van der Waals surface area contributed by atoms with Crippen molar-refractivity contribution in [1.82, 2.24) is 5.32 Å². The van der Waals surface area contributed by atoms with Gasteiger partial charge >= 0.3 is 0 Å². The second-order valence-electron chi connectivity index (χ2n) is 6.69. The molecular formula is C21H23N3O3. The maximum Gasteiger partial charge on any atom is 0.262 e. The number of amides is 1. The van der Waals surface area contributed by atoms with Gasteiger partial charge in [0.25, 0.3) is 5.91 Å². The van der Waals surface area contributed by atoms with Crippen LogP contribution in [0.15, 0.2) is 42.0 Å². The molecule has 0 radical (unpaired) electrons. The molecule has 1 aliphatic heterocycles. The number of aliphatic hydroxyl groups is 2. The largest absolute Gasteiger partial charge is 0.394 e. The smallest absolute Gasteiger partial charge is 0.262 e. The molecular weight excluding hydrogens is 342 g/mol. The SMILES string of the molecule is CCC1CN1c1cccc2ccc(/C=C(\C#N)C(=O)NCC(O)CO)cc12. The van der Waals surface area contributed by atoms with Gasteiger partial charge in [-0.1, -0.05) is 31.2 Å². The Morgan fingerprint density at radius 1 is 1.44 bits per heavy atom. The molecule has 1 heterocycles. The van der Waals surface area contributed by atoms with E-state index in [-0.39, 0.29) is 12.1 Å². The molecule has 6 nitrogen and oxygen atoms in total. The second kappa shape index (κ2) is 8.21. The fourth-order valence-corrected chi connectivity index (χ4v) is 3.12. The van der Waals surface area contributed by atoms with Crippen LogP contribution in [0.4, 0.5) is 5.69 Å². The Hall–Kier alpha value is -2.88. The fraction of sp³-hybridized carbons (Fsp3) is 0.333. The van der Waals surface area contributed by atoms with Crippen molar-refractivity contribution >= 4 is 28.4 Å². The van der Waals surface area contributed by atoms with Crippen LogP contribution in [0.25, 0.3) is 16.8 Å². The summed E-state index contributed by atoms with van der Waals surface area (Å²) in [6.45, 7) is 2.67. The molecule has 6 heteroatoms. The van der Waals surface area contributed by atoms with E-state index in [4.69, 9.17) is 5.11 Å². The van der Waals surface area contributed by atoms with E-state index in [1.54, 1.807) is 0 Å². The first-order chi connectivity index (χ1) is 13.1. The summed E-state index contributed by atoms with van der Waals surface area (Å²) in [5, 5.41) is 32.1. The van der Waals surface area contributed by atoms with Crippen LogP contribution in [-0.2, 0) is 4.79 Å². The predicted octanol–water partition coefficient (Wildman–Crippen LogP) is 1.81. The molecule has 0 saturated carbocycles. The van der Waals surface area contributed by atoms with Crippen LogP contribution in [0.3, 0.4) is 0 Å². The number of rotatable bonds is 7. The maximum atomic E-state index is 12.1. The van der Waals surface area contributed by atoms with Crippen molar-refractivity contribution in [3.63, 3.8) is 0 Å². The van der Waals surface area contributed by atoms with Gasteiger partial charge in [0.2, 0.25) is 0 Å². The standard InChI is InChI=1S/C21H23N3O3/c1-2-17-12-24(17)20-5-3-4-15-7-6-14(9-19(15)20)8-16(10-22)21(27)23-11-18(26)13-25/h3-9,17-18,25-26H,2,11-13H2,1H3,(H,23,27)/b16-8+. The van der Waals surface area contributed by atoms with Gasteiger partial charge in [0, 0.05) is 30.2 Å². The lowest BCUT2D eigenvalue weighted by molar-refractivity contribution is -0.117. The molecule has 3 N–H and O–H groups in total. The van der Waals surface area contributed by atoms with Gasteiger partial charge < -0.3 is 20.4 Å². The van der Waals surface area contributed by atoms with E-state index in [1.165, 1.54) is 11.8 Å². The highest BCUT2D eigenvalue weighted by molar-refractivity contribution is 6.03. The highest BCUT2D eigenvalue weighted by Crippen LogP contribution is 2.36. The van der Waals surface area contributed by atoms with Gasteiger partial charge in [0.1, 0.15) is 11.6 Å². The summed E-state index contributed by atoms with van der Waals surface area (Å²) in [7, 11) is 0. The van der Waals surface area contributed by atoms with Gasteiger partial charge in [-0.15, -0.1) is 0 Å². The van der Waals surface area contributed by atoms with E-state index < -0.39 is 18.6 Å². The van der Waals surface area contributed by atoms with Gasteiger partial charge in [-0.2, -0.15) is 5.26 Å². The van der Waals surface area contributed by atoms with Gasteiger partial charge in [-0.25, -0.2) is 0 Å². The van der Waals surface area contributed by atoms with Crippen LogP contribution in [0.1, 0.15) is 18.9 Å². The van der Waals surface area contributed by atoms with Crippen LogP contribution in [0.2, 0.25) is 0 Å². The number of nitrogens with one attached hydrogen (secondary N) is 1. The van der Waals surface area contributed by atoms with Crippen LogP contribution in [-0.4, -0.2) is 48.0 Å². The van der Waals surface area contributed by atoms with Gasteiger partial charge in [-0.05, 0) is 35.6 Å². The van der Waals surface area contributed by atoms with Crippen molar-refractivity contribution in [1.29, 1.82) is 5.26 Å². The minimum atomic E-state index is -1.05. The summed E-state index contributed by atoms with van der Waals surface area (Å²) in [4.78, 5) is 14.5. The molecule has 0 spiro atoms. The van der Waals surface area contributed by atoms with Crippen LogP contribution < -0.4 is 10.2 Å². The Balaban J connectivity index is 1.87. The molecule has 2 unspecified atom stereocenters. The van der Waals surface area contributed by atoms with Crippen molar-refractivity contribution in [3.05, 3.63) is 47.5 Å². The summed E-state index contributed by atoms with van der Waals surface area (Å²) in [6, 6.07) is 14.5. The summed E-state index contributed by atoms with van der Waals surface area (Å²) in [5.74, 6) is -0.574. The van der Waals surface area contributed by atoms with E-state index in [0.29, 0.717) is 6.04 Å². The summed E-state index contributed by atoms with van der Waals surface area (Å²) in [6.07, 6.45) is 1.60. The van der Waals surface area contributed by atoms with E-state index in [1.807, 2.05) is 36.4 Å². The van der Waals surface area contributed by atoms with Crippen molar-refractivity contribution in [3.8, 4) is 6.07 Å². The molecule has 0 bridgehead atoms. The minimum absolute atomic E-state index is 0.0462. The average molecular weight is 365 g/mol. The molecule has 3 rings (SSSR count). The Kier molecular flexibility index (Phi) is 5.75. The van der Waals surface area contributed by atoms with Crippen LogP contribution >= 0.6 is 0 Å². The van der Waals surface area contributed by atoms with Crippen molar-refractivity contribution in [2.24, 2.45) is 0 Å². The number of nitrogens with zero attached hydrogens (tertiary/aromatic N) is 2. The lowest BCUT2D eigenvalue weighted by Crippen LogP contribution is -2.34. The van der Waals surface area contributed by atoms with E-state index >= 15 is 0 Å². The number of aliphatic hydroxyl groups excluding tert-OH is 2. The van der Waals surface area contributed by atoms with Crippen molar-refractivity contribution < 1.29 is 15.0 Å². The number of carbonyl (C=O) groups excluding carboxylic acids is 1. The molecule has 140 valence electrons. The Labute approximate surface area is 158 Å². The van der Waals surface area contributed by atoms with Gasteiger partial charge in [-0.3, -0.25) is 4.79 Å². The zero-order chi connectivity index (χ0) is 19.4. The Bertz CT molecular complexity index is 917. The number of hydrogen-bond donors (Lipinski definition) is 3. The lowest BCUT2D eigenvalue weighted by Gasteiger charge is -2.11. The number of hydrogen-bond acceptors (Lipinski definition) is 5. The molecule has 0 aromatic heterocycles. The lowest BCUT2D eigenvalue weighted by atomic mass is 10.0. The highest BCUT2D eigenvalue weighted by Gasteiger charge is 2.32. The van der Waals surface area contributed by atoms with Crippen molar-refractivity contribution in [2.75, 3.05) is 24.6 Å². The number of anilines is 1. The average Bonchev–Trinajstić information content (AvgIpc) is 3.49. The third-order valence-corrected chi connectivity index (χ3v) is 4.76. The first-order valence-corrected chi connectivity index (χ1v) is 9.05. The van der Waals surface area contributed by atoms with Crippen LogP contribution in [0, 0.1) is 11.3 Å². The first kappa shape index (κ1) is 18.9. The minimum Gasteiger partial charge on any atom is -0.394 e. The van der Waals surface area contributed by atoms with Crippen molar-refractivity contribution in [2.45, 2.75) is 25.5 Å². The normalized spacial score (nSPS) is 17.5. The Morgan fingerprint density at radius 2 is 2.26 bits per heavy atom. The number of fused-ring (bicyclic) bond motifs is 1. The fourth-order valence-electron chi connectivity index (χ4n) is 3.12. The third kappa shape index (κ3) is 4.27. The number of carbonyl (C=O) groups is 1. The molecule has 0 aliphatic carbocycles. The van der Waals surface area contributed by atoms with Crippen LogP contribution in [0.5, 0.6) is 0 Å². The monoisotopic (exact) mass is 365 g/mol. The molecule has 1 amide bonds. The zero-order valence-electron chi connectivity index (χ0n) is 15.2. The Morgan fingerprint density at radius 3 is 2.93 bits per heavy atom. The first-order valence-electron chi connectivity index (χ1n) is 9.05. The number of benzene rings is 2. The highest BCUT2D eigenvalue weighted by atomic mass is 16.3. The molecule has 2 aromatic carbocycles. The quantitative estimate of drug-likeness (QED) is 0.395. The topological polar surface area (TPSA) is 96.4 Å². The zero-order valence-corrected chi connectivity index (χ0v) is 15.2. The molecule has 27 heavy (non-hydrogen) atoms. The predicted molar refractivity (Wildman–Crippen MR) is 105 cm³/mol. The molecule has 1 aliphatic rings. The van der Waals surface area contributed by atoms with Gasteiger partial charge in [0.15, 0.2) is 0 Å². The third-order valence-electron chi connectivity index (χ3n) is 4.76. The maximum absolute atomic E-state index is 12.1. The summed E-state index contributed by atoms with van der Waals surface area (Å²) < 4.78 is 0. The molecule has 2 aromatic rings. The molecule has 2 atom stereocenters. The summed E-state index contributed by atoms with van der Waals surface area (Å²) in [5.41, 5.74) is 1.89. The molecule has 1 fully saturated rings.